The fraction of sp³-hybridized carbons (Fsp3) is 0.448. The summed E-state index contributed by atoms with van der Waals surface area (Å²) in [5.41, 5.74) is 11.5. The first-order valence-electron chi connectivity index (χ1n) is 13.0. The molecular formula is C29H36N4O4. The predicted octanol–water partition coefficient (Wildman–Crippen LogP) is 4.67. The van der Waals surface area contributed by atoms with E-state index in [9.17, 15) is 19.5 Å². The van der Waals surface area contributed by atoms with Crippen LogP contribution in [-0.4, -0.2) is 32.4 Å². The predicted molar refractivity (Wildman–Crippen MR) is 143 cm³/mol. The van der Waals surface area contributed by atoms with Crippen LogP contribution >= 0.6 is 0 Å². The summed E-state index contributed by atoms with van der Waals surface area (Å²) < 4.78 is 2.09. The minimum absolute atomic E-state index is 0.0272. The number of aryl methyl sites for hydroxylation is 4. The first kappa shape index (κ1) is 26.4. The van der Waals surface area contributed by atoms with Crippen molar-refractivity contribution in [2.45, 2.75) is 65.8 Å². The molecule has 2 aromatic heterocycles. The van der Waals surface area contributed by atoms with Crippen molar-refractivity contribution in [2.24, 2.45) is 24.6 Å². The summed E-state index contributed by atoms with van der Waals surface area (Å²) in [6.45, 7) is 6.55. The van der Waals surface area contributed by atoms with Crippen molar-refractivity contribution in [2.75, 3.05) is 4.90 Å². The Morgan fingerprint density at radius 1 is 1.24 bits per heavy atom. The average Bonchev–Trinajstić information content (AvgIpc) is 3.07. The van der Waals surface area contributed by atoms with Crippen molar-refractivity contribution in [1.29, 1.82) is 0 Å². The number of aliphatic carboxylic acids is 1. The summed E-state index contributed by atoms with van der Waals surface area (Å²) in [6, 6.07) is 7.64. The summed E-state index contributed by atoms with van der Waals surface area (Å²) in [5, 5.41) is 10.6. The van der Waals surface area contributed by atoms with Crippen LogP contribution in [0.1, 0.15) is 71.9 Å². The zero-order valence-electron chi connectivity index (χ0n) is 22.1. The van der Waals surface area contributed by atoms with Crippen LogP contribution in [0.2, 0.25) is 0 Å². The highest BCUT2D eigenvalue weighted by atomic mass is 16.4. The van der Waals surface area contributed by atoms with Crippen molar-refractivity contribution >= 4 is 34.4 Å². The Balaban J connectivity index is 1.77. The van der Waals surface area contributed by atoms with Crippen LogP contribution in [0.4, 0.5) is 5.69 Å². The Kier molecular flexibility index (Phi) is 7.66. The van der Waals surface area contributed by atoms with Gasteiger partial charge in [-0.25, -0.2) is 4.98 Å². The SMILES string of the molecule is CCCC(CC(=O)O)CC1CCc2nc(C(N)=O)ccc2N(Cc2cn(C)c3cc(C)cc(C)c23)C1=O. The van der Waals surface area contributed by atoms with Gasteiger partial charge in [-0.1, -0.05) is 25.8 Å². The Bertz CT molecular complexity index is 1360. The van der Waals surface area contributed by atoms with Crippen LogP contribution in [-0.2, 0) is 29.6 Å². The molecule has 2 unspecified atom stereocenters. The fourth-order valence-electron chi connectivity index (χ4n) is 5.88. The number of nitrogens with zero attached hydrogens (tertiary/aromatic N) is 3. The number of anilines is 1. The van der Waals surface area contributed by atoms with Crippen LogP contribution in [0, 0.1) is 25.7 Å². The second-order valence-corrected chi connectivity index (χ2v) is 10.4. The number of carbonyl (C=O) groups is 3. The van der Waals surface area contributed by atoms with E-state index < -0.39 is 11.9 Å². The van der Waals surface area contributed by atoms with E-state index >= 15 is 0 Å². The van der Waals surface area contributed by atoms with E-state index in [1.807, 2.05) is 14.0 Å². The summed E-state index contributed by atoms with van der Waals surface area (Å²) in [5.74, 6) is -1.88. The molecule has 4 rings (SSSR count). The van der Waals surface area contributed by atoms with E-state index in [4.69, 9.17) is 5.73 Å². The molecule has 196 valence electrons. The van der Waals surface area contributed by atoms with Gasteiger partial charge < -0.3 is 20.3 Å². The molecule has 1 aromatic carbocycles. The van der Waals surface area contributed by atoms with E-state index in [0.717, 1.165) is 34.9 Å². The first-order valence-corrected chi connectivity index (χ1v) is 13.0. The lowest BCUT2D eigenvalue weighted by atomic mass is 9.86. The van der Waals surface area contributed by atoms with Crippen molar-refractivity contribution in [3.63, 3.8) is 0 Å². The molecule has 0 radical (unpaired) electrons. The lowest BCUT2D eigenvalue weighted by Crippen LogP contribution is -2.36. The Morgan fingerprint density at radius 3 is 2.68 bits per heavy atom. The standard InChI is InChI=1S/C29H36N4O4/c1-5-6-19(14-26(34)35)13-20-7-8-22-24(10-9-23(31-22)28(30)36)33(29(20)37)16-21-15-32(4)25-12-17(2)11-18(3)27(21)25/h9-12,15,19-20H,5-8,13-14,16H2,1-4H3,(H2,30,36)(H,34,35). The maximum absolute atomic E-state index is 14.1. The van der Waals surface area contributed by atoms with Gasteiger partial charge in [0.2, 0.25) is 5.91 Å². The van der Waals surface area contributed by atoms with E-state index in [2.05, 4.69) is 41.7 Å². The molecule has 0 fully saturated rings. The highest BCUT2D eigenvalue weighted by Gasteiger charge is 2.34. The van der Waals surface area contributed by atoms with Crippen molar-refractivity contribution in [3.8, 4) is 0 Å². The van der Waals surface area contributed by atoms with E-state index in [1.165, 1.54) is 5.56 Å². The van der Waals surface area contributed by atoms with E-state index in [-0.39, 0.29) is 29.9 Å². The second-order valence-electron chi connectivity index (χ2n) is 10.4. The number of aromatic nitrogens is 2. The lowest BCUT2D eigenvalue weighted by molar-refractivity contribution is -0.138. The number of primary amides is 1. The third kappa shape index (κ3) is 5.53. The molecule has 3 heterocycles. The Hall–Kier alpha value is -3.68. The van der Waals surface area contributed by atoms with Crippen molar-refractivity contribution in [1.82, 2.24) is 9.55 Å². The summed E-state index contributed by atoms with van der Waals surface area (Å²) >= 11 is 0. The van der Waals surface area contributed by atoms with Gasteiger partial charge in [-0.05, 0) is 73.9 Å². The minimum atomic E-state index is -0.839. The van der Waals surface area contributed by atoms with Crippen molar-refractivity contribution in [3.05, 3.63) is 58.5 Å². The maximum Gasteiger partial charge on any atom is 0.303 e. The van der Waals surface area contributed by atoms with Crippen LogP contribution in [0.5, 0.6) is 0 Å². The smallest absolute Gasteiger partial charge is 0.303 e. The fourth-order valence-corrected chi connectivity index (χ4v) is 5.88. The lowest BCUT2D eigenvalue weighted by Gasteiger charge is -2.27. The molecule has 2 amide bonds. The molecule has 2 atom stereocenters. The van der Waals surface area contributed by atoms with E-state index in [0.29, 0.717) is 37.2 Å². The third-order valence-corrected chi connectivity index (χ3v) is 7.45. The molecule has 1 aliphatic rings. The maximum atomic E-state index is 14.1. The molecule has 0 saturated heterocycles. The van der Waals surface area contributed by atoms with Crippen LogP contribution in [0.25, 0.3) is 10.9 Å². The van der Waals surface area contributed by atoms with Gasteiger partial charge in [0.25, 0.3) is 5.91 Å². The Labute approximate surface area is 217 Å². The van der Waals surface area contributed by atoms with Gasteiger partial charge in [0.1, 0.15) is 5.69 Å². The number of nitrogens with two attached hydrogens (primary N) is 1. The first-order chi connectivity index (χ1) is 17.6. The van der Waals surface area contributed by atoms with Gasteiger partial charge in [-0.2, -0.15) is 0 Å². The quantitative estimate of drug-likeness (QED) is 0.439. The monoisotopic (exact) mass is 504 g/mol. The molecule has 1 aliphatic heterocycles. The number of hydrogen-bond acceptors (Lipinski definition) is 4. The number of rotatable bonds is 9. The Morgan fingerprint density at radius 2 is 2.00 bits per heavy atom. The number of carboxylic acids is 1. The molecule has 8 nitrogen and oxygen atoms in total. The van der Waals surface area contributed by atoms with Gasteiger partial charge in [0.05, 0.1) is 17.9 Å². The molecule has 3 N–H and O–H groups in total. The summed E-state index contributed by atoms with van der Waals surface area (Å²) in [6.07, 6.45) is 5.32. The molecule has 0 aliphatic carbocycles. The van der Waals surface area contributed by atoms with Crippen LogP contribution in [0.3, 0.4) is 0 Å². The largest absolute Gasteiger partial charge is 0.481 e. The zero-order valence-corrected chi connectivity index (χ0v) is 22.1. The number of carboxylic acid groups (broad SMARTS) is 1. The highest BCUT2D eigenvalue weighted by Crippen LogP contribution is 2.36. The van der Waals surface area contributed by atoms with Gasteiger partial charge in [-0.15, -0.1) is 0 Å². The molecule has 37 heavy (non-hydrogen) atoms. The molecule has 3 aromatic rings. The molecule has 8 heteroatoms. The number of carbonyl (C=O) groups excluding carboxylic acids is 2. The zero-order chi connectivity index (χ0) is 26.9. The third-order valence-electron chi connectivity index (χ3n) is 7.45. The van der Waals surface area contributed by atoms with Crippen LogP contribution in [0.15, 0.2) is 30.5 Å². The summed E-state index contributed by atoms with van der Waals surface area (Å²) in [4.78, 5) is 43.7. The molecule has 0 bridgehead atoms. The molecule has 0 saturated carbocycles. The highest BCUT2D eigenvalue weighted by molar-refractivity contribution is 5.98. The minimum Gasteiger partial charge on any atom is -0.481 e. The number of hydrogen-bond donors (Lipinski definition) is 2. The topological polar surface area (TPSA) is 119 Å². The van der Waals surface area contributed by atoms with Gasteiger partial charge in [0.15, 0.2) is 0 Å². The number of amides is 2. The normalized spacial score (nSPS) is 16.5. The van der Waals surface area contributed by atoms with Gasteiger partial charge in [0, 0.05) is 36.5 Å². The molecule has 0 spiro atoms. The number of pyridine rings is 1. The summed E-state index contributed by atoms with van der Waals surface area (Å²) in [7, 11) is 2.01. The average molecular weight is 505 g/mol. The van der Waals surface area contributed by atoms with Gasteiger partial charge >= 0.3 is 5.97 Å². The van der Waals surface area contributed by atoms with Gasteiger partial charge in [-0.3, -0.25) is 14.4 Å². The number of benzene rings is 1. The van der Waals surface area contributed by atoms with Crippen LogP contribution < -0.4 is 10.6 Å². The molecular weight excluding hydrogens is 468 g/mol. The van der Waals surface area contributed by atoms with E-state index in [1.54, 1.807) is 17.0 Å². The number of fused-ring (bicyclic) bond motifs is 2. The second kappa shape index (κ2) is 10.7. The van der Waals surface area contributed by atoms with Crippen molar-refractivity contribution < 1.29 is 19.5 Å².